The van der Waals surface area contributed by atoms with Crippen LogP contribution in [0.25, 0.3) is 0 Å². The van der Waals surface area contributed by atoms with E-state index in [1.807, 2.05) is 0 Å². The summed E-state index contributed by atoms with van der Waals surface area (Å²) < 4.78 is 4.68. The number of nitrogens with zero attached hydrogens (tertiary/aromatic N) is 1. The molecule has 0 radical (unpaired) electrons. The van der Waals surface area contributed by atoms with Crippen molar-refractivity contribution >= 4 is 24.5 Å². The molecule has 0 fully saturated rings. The maximum absolute atomic E-state index is 12.4. The van der Waals surface area contributed by atoms with Gasteiger partial charge in [0, 0.05) is 17.9 Å². The maximum Gasteiger partial charge on any atom is 0.329 e. The molecule has 0 aliphatic carbocycles. The van der Waals surface area contributed by atoms with E-state index in [2.05, 4.69) is 23.9 Å². The molecular formula is C14H17NO4S. The first-order valence-corrected chi connectivity index (χ1v) is 6.58. The van der Waals surface area contributed by atoms with Gasteiger partial charge >= 0.3 is 5.97 Å². The van der Waals surface area contributed by atoms with E-state index < -0.39 is 12.0 Å². The van der Waals surface area contributed by atoms with Crippen LogP contribution in [0, 0.1) is 0 Å². The average molecular weight is 295 g/mol. The second-order valence-corrected chi connectivity index (χ2v) is 4.38. The van der Waals surface area contributed by atoms with Gasteiger partial charge in [0.1, 0.15) is 11.8 Å². The predicted molar refractivity (Wildman–Crippen MR) is 79.0 cm³/mol. The number of phenols is 1. The van der Waals surface area contributed by atoms with E-state index in [1.54, 1.807) is 0 Å². The van der Waals surface area contributed by atoms with E-state index in [1.165, 1.54) is 42.4 Å². The first-order chi connectivity index (χ1) is 9.54. The van der Waals surface area contributed by atoms with Gasteiger partial charge in [-0.2, -0.15) is 12.6 Å². The highest BCUT2D eigenvalue weighted by molar-refractivity contribution is 7.80. The lowest BCUT2D eigenvalue weighted by molar-refractivity contribution is -0.145. The van der Waals surface area contributed by atoms with Crippen LogP contribution in [0.4, 0.5) is 0 Å². The molecule has 0 aromatic heterocycles. The molecule has 1 unspecified atom stereocenters. The van der Waals surface area contributed by atoms with Crippen molar-refractivity contribution in [2.75, 3.05) is 19.4 Å². The lowest BCUT2D eigenvalue weighted by Gasteiger charge is -2.28. The van der Waals surface area contributed by atoms with Crippen molar-refractivity contribution in [2.24, 2.45) is 0 Å². The van der Waals surface area contributed by atoms with Gasteiger partial charge in [0.2, 0.25) is 0 Å². The van der Waals surface area contributed by atoms with Crippen molar-refractivity contribution < 1.29 is 19.4 Å². The Morgan fingerprint density at radius 3 is 2.50 bits per heavy atom. The standard InChI is InChI=1S/C14H17NO4S/c1-3-8-15(12(9-20)14(18)19-2)13(17)10-4-6-11(16)7-5-10/h3-7,12,16,20H,1,8-9H2,2H3. The molecule has 0 bridgehead atoms. The number of rotatable bonds is 6. The van der Waals surface area contributed by atoms with Crippen LogP contribution in [0.2, 0.25) is 0 Å². The molecule has 0 saturated carbocycles. The quantitative estimate of drug-likeness (QED) is 0.474. The molecule has 1 rings (SSSR count). The Morgan fingerprint density at radius 2 is 2.05 bits per heavy atom. The van der Waals surface area contributed by atoms with Gasteiger partial charge in [-0.15, -0.1) is 6.58 Å². The van der Waals surface area contributed by atoms with Gasteiger partial charge in [0.15, 0.2) is 0 Å². The highest BCUT2D eigenvalue weighted by Gasteiger charge is 2.29. The van der Waals surface area contributed by atoms with Crippen molar-refractivity contribution in [1.29, 1.82) is 0 Å². The number of esters is 1. The van der Waals surface area contributed by atoms with Crippen molar-refractivity contribution in [1.82, 2.24) is 4.90 Å². The summed E-state index contributed by atoms with van der Waals surface area (Å²) in [6.45, 7) is 3.78. The highest BCUT2D eigenvalue weighted by Crippen LogP contribution is 2.14. The Morgan fingerprint density at radius 1 is 1.45 bits per heavy atom. The summed E-state index contributed by atoms with van der Waals surface area (Å²) in [6, 6.07) is 5.00. The number of hydrogen-bond donors (Lipinski definition) is 2. The Labute approximate surface area is 123 Å². The predicted octanol–water partition coefficient (Wildman–Crippen LogP) is 1.49. The third-order valence-corrected chi connectivity index (χ3v) is 3.07. The zero-order valence-corrected chi connectivity index (χ0v) is 12.0. The Hall–Kier alpha value is -1.95. The normalized spacial score (nSPS) is 11.5. The first-order valence-electron chi connectivity index (χ1n) is 5.94. The van der Waals surface area contributed by atoms with Crippen LogP contribution in [0.3, 0.4) is 0 Å². The number of methoxy groups -OCH3 is 1. The van der Waals surface area contributed by atoms with E-state index in [4.69, 9.17) is 0 Å². The lowest BCUT2D eigenvalue weighted by Crippen LogP contribution is -2.47. The van der Waals surface area contributed by atoms with Gasteiger partial charge in [0.25, 0.3) is 5.91 Å². The molecule has 0 aliphatic heterocycles. The van der Waals surface area contributed by atoms with Gasteiger partial charge in [0.05, 0.1) is 7.11 Å². The topological polar surface area (TPSA) is 66.8 Å². The van der Waals surface area contributed by atoms with E-state index in [-0.39, 0.29) is 24.0 Å². The molecule has 1 N–H and O–H groups in total. The third-order valence-electron chi connectivity index (χ3n) is 2.72. The molecule has 6 heteroatoms. The summed E-state index contributed by atoms with van der Waals surface area (Å²) in [4.78, 5) is 25.5. The number of hydrogen-bond acceptors (Lipinski definition) is 5. The summed E-state index contributed by atoms with van der Waals surface area (Å²) >= 11 is 4.10. The Kier molecular flexibility index (Phi) is 6.11. The molecule has 0 heterocycles. The summed E-state index contributed by atoms with van der Waals surface area (Å²) in [6.07, 6.45) is 1.53. The van der Waals surface area contributed by atoms with Crippen LogP contribution in [-0.2, 0) is 9.53 Å². The van der Waals surface area contributed by atoms with Crippen LogP contribution in [-0.4, -0.2) is 47.3 Å². The summed E-state index contributed by atoms with van der Waals surface area (Å²) in [5.41, 5.74) is 0.361. The van der Waals surface area contributed by atoms with Crippen LogP contribution in [0.5, 0.6) is 5.75 Å². The van der Waals surface area contributed by atoms with Crippen molar-refractivity contribution in [3.8, 4) is 5.75 Å². The van der Waals surface area contributed by atoms with E-state index in [0.717, 1.165) is 0 Å². The molecule has 1 aromatic carbocycles. The number of amides is 1. The average Bonchev–Trinajstić information content (AvgIpc) is 2.46. The molecule has 0 spiro atoms. The van der Waals surface area contributed by atoms with Crippen LogP contribution in [0.1, 0.15) is 10.4 Å². The minimum absolute atomic E-state index is 0.0653. The van der Waals surface area contributed by atoms with Gasteiger partial charge in [-0.3, -0.25) is 4.79 Å². The van der Waals surface area contributed by atoms with Gasteiger partial charge < -0.3 is 14.7 Å². The summed E-state index contributed by atoms with van der Waals surface area (Å²) in [5.74, 6) is -0.677. The third kappa shape index (κ3) is 3.77. The van der Waals surface area contributed by atoms with Crippen LogP contribution >= 0.6 is 12.6 Å². The second-order valence-electron chi connectivity index (χ2n) is 4.01. The largest absolute Gasteiger partial charge is 0.508 e. The smallest absolute Gasteiger partial charge is 0.329 e. The SMILES string of the molecule is C=CCN(C(=O)c1ccc(O)cc1)C(CS)C(=O)OC. The summed E-state index contributed by atoms with van der Waals surface area (Å²) in [5, 5.41) is 9.23. The fourth-order valence-corrected chi connectivity index (χ4v) is 2.04. The van der Waals surface area contributed by atoms with Gasteiger partial charge in [-0.1, -0.05) is 6.08 Å². The zero-order valence-electron chi connectivity index (χ0n) is 11.2. The molecule has 20 heavy (non-hydrogen) atoms. The van der Waals surface area contributed by atoms with Crippen LogP contribution in [0.15, 0.2) is 36.9 Å². The van der Waals surface area contributed by atoms with E-state index in [0.29, 0.717) is 5.56 Å². The minimum Gasteiger partial charge on any atom is -0.508 e. The number of carbonyl (C=O) groups excluding carboxylic acids is 2. The van der Waals surface area contributed by atoms with Gasteiger partial charge in [-0.05, 0) is 24.3 Å². The van der Waals surface area contributed by atoms with Crippen LogP contribution < -0.4 is 0 Å². The first kappa shape index (κ1) is 16.1. The molecule has 1 aromatic rings. The summed E-state index contributed by atoms with van der Waals surface area (Å²) in [7, 11) is 1.26. The second kappa shape index (κ2) is 7.59. The van der Waals surface area contributed by atoms with Crippen molar-refractivity contribution in [3.63, 3.8) is 0 Å². The zero-order chi connectivity index (χ0) is 15.1. The molecule has 1 atom stereocenters. The molecule has 1 amide bonds. The van der Waals surface area contributed by atoms with E-state index >= 15 is 0 Å². The number of ether oxygens (including phenoxy) is 1. The fraction of sp³-hybridized carbons (Fsp3) is 0.286. The van der Waals surface area contributed by atoms with E-state index in [9.17, 15) is 14.7 Å². The fourth-order valence-electron chi connectivity index (χ4n) is 1.70. The molecular weight excluding hydrogens is 278 g/mol. The van der Waals surface area contributed by atoms with Gasteiger partial charge in [-0.25, -0.2) is 4.79 Å². The number of carbonyl (C=O) groups is 2. The molecule has 108 valence electrons. The monoisotopic (exact) mass is 295 g/mol. The minimum atomic E-state index is -0.789. The molecule has 5 nitrogen and oxygen atoms in total. The van der Waals surface area contributed by atoms with Crippen molar-refractivity contribution in [3.05, 3.63) is 42.5 Å². The molecule has 0 aliphatic rings. The highest BCUT2D eigenvalue weighted by atomic mass is 32.1. The number of phenolic OH excluding ortho intramolecular Hbond substituents is 1. The van der Waals surface area contributed by atoms with Crippen molar-refractivity contribution in [2.45, 2.75) is 6.04 Å². The Bertz CT molecular complexity index is 486. The Balaban J connectivity index is 3.05. The molecule has 0 saturated heterocycles. The lowest BCUT2D eigenvalue weighted by atomic mass is 10.1. The number of thiol groups is 1. The number of aromatic hydroxyl groups is 1. The maximum atomic E-state index is 12.4. The number of benzene rings is 1.